The van der Waals surface area contributed by atoms with Crippen LogP contribution < -0.4 is 5.32 Å². The van der Waals surface area contributed by atoms with Crippen LogP contribution in [0.1, 0.15) is 278 Å². The standard InChI is InChI=1S/C33H54N2O5S.C21H35NO3S2.C14H27ClO2.C13H28O.C7H9NOS2/c1-19(15-23-18-41-22(4)34-23)24-16-26-33(11,40-26)14-12-13-30(5,6)20(2)28(38)21(3)31(7,8)29(39)32(9,10)25(36)17-27(37)35-24;1-15(20(3,4)5)18(16(2)21(6,7)8)25-19(23)24-13-14-26-27-17-11-9-10-12-22-17;1-9(13(3,4)5)11(17-12(15)16)10(2)14(6,7)8;1-9(12(3,4)5)11(14)10(2)13(6,7)8;9-5-6-10-11-7-3-1-2-4-8-7/h15,18,20-21,24-26,28,36,38H,12-14,16-17H2,1-11H3,(H,35,37);9-12,15-16,18H,13-14H2,1-8H3;9-11H,1-8H3;9-11,14H,1-8H3;1-4,9H,5-6H2/b19-15+;;;;/t20-,21-,24?,25+,26+,28+,33-;15-,16?,18?;2*9-,10?,11?;/m1111./s1. The number of carbonyl (C=O) groups excluding carboxylic acids is 4. The Labute approximate surface area is 693 Å². The number of carbonyl (C=O) groups is 4. The summed E-state index contributed by atoms with van der Waals surface area (Å²) >= 11 is 6.98. The fraction of sp³-hybridized carbons (Fsp3) is 0.784. The topological polar surface area (TPSA) is 240 Å². The van der Waals surface area contributed by atoms with Crippen LogP contribution in [0.3, 0.4) is 0 Å². The fourth-order valence-corrected chi connectivity index (χ4v) is 16.7. The third-order valence-electron chi connectivity index (χ3n) is 24.4. The number of nitrogens with one attached hydrogen (secondary N) is 1. The molecule has 0 bridgehead atoms. The highest BCUT2D eigenvalue weighted by Gasteiger charge is 2.54. The number of amides is 1. The number of aliphatic hydroxyl groups excluding tert-OH is 4. The van der Waals surface area contributed by atoms with Crippen molar-refractivity contribution in [1.82, 2.24) is 20.3 Å². The molecule has 0 spiro atoms. The monoisotopic (exact) mass is 1650 g/mol. The summed E-state index contributed by atoms with van der Waals surface area (Å²) in [5.74, 6) is 2.17. The molecule has 5 N–H and O–H groups in total. The highest BCUT2D eigenvalue weighted by atomic mass is 35.5. The van der Waals surface area contributed by atoms with E-state index in [1.807, 2.05) is 82.5 Å². The van der Waals surface area contributed by atoms with Crippen molar-refractivity contribution in [1.29, 1.82) is 0 Å². The van der Waals surface area contributed by atoms with Crippen molar-refractivity contribution in [3.63, 3.8) is 0 Å². The Hall–Kier alpha value is -2.96. The van der Waals surface area contributed by atoms with Gasteiger partial charge in [0.05, 0.1) is 65.2 Å². The molecule has 0 aromatic carbocycles. The van der Waals surface area contributed by atoms with Gasteiger partial charge in [-0.25, -0.2) is 24.5 Å². The number of nitrogens with zero attached hydrogens (tertiary/aromatic N) is 3. The summed E-state index contributed by atoms with van der Waals surface area (Å²) in [6.45, 7) is 74.2. The van der Waals surface area contributed by atoms with Crippen molar-refractivity contribution in [2.45, 2.75) is 333 Å². The van der Waals surface area contributed by atoms with Gasteiger partial charge in [0.1, 0.15) is 34.6 Å². The van der Waals surface area contributed by atoms with E-state index in [0.29, 0.717) is 30.6 Å². The van der Waals surface area contributed by atoms with E-state index in [2.05, 4.69) is 214 Å². The van der Waals surface area contributed by atoms with E-state index in [0.717, 1.165) is 51.3 Å². The number of rotatable bonds is 19. The van der Waals surface area contributed by atoms with Gasteiger partial charge in [0.25, 0.3) is 0 Å². The molecular weight excluding hydrogens is 1500 g/mol. The predicted octanol–water partition coefficient (Wildman–Crippen LogP) is 23.4. The maximum atomic E-state index is 14.0. The molecule has 5 rings (SSSR count). The largest absolute Gasteiger partial charge is 0.508 e. The summed E-state index contributed by atoms with van der Waals surface area (Å²) in [7, 11) is 6.39. The number of pyridine rings is 2. The first-order valence-electron chi connectivity index (χ1n) is 39.8. The number of ketones is 1. The molecule has 0 saturated carbocycles. The first-order valence-corrected chi connectivity index (χ1v) is 45.7. The fourth-order valence-electron chi connectivity index (χ4n) is 12.6. The Morgan fingerprint density at radius 2 is 1.10 bits per heavy atom. The Morgan fingerprint density at radius 3 is 1.49 bits per heavy atom. The van der Waals surface area contributed by atoms with Crippen molar-refractivity contribution >= 4 is 95.5 Å². The average Bonchev–Trinajstić information content (AvgIpc) is 1.52. The van der Waals surface area contributed by atoms with E-state index < -0.39 is 34.6 Å². The summed E-state index contributed by atoms with van der Waals surface area (Å²) in [6, 6.07) is 11.3. The molecule has 0 aliphatic carbocycles. The molecule has 7 unspecified atom stereocenters. The van der Waals surface area contributed by atoms with E-state index in [1.54, 1.807) is 80.8 Å². The molecule has 2 aliphatic rings. The number of epoxide rings is 1. The van der Waals surface area contributed by atoms with Gasteiger partial charge < -0.3 is 44.7 Å². The lowest BCUT2D eigenvalue weighted by molar-refractivity contribution is -0.150. The number of hydrogen-bond donors (Lipinski definition) is 5. The number of ether oxygens (including phenoxy) is 4. The number of aliphatic hydroxyl groups is 4. The molecular formula is C88H153ClN4O12S5. The number of aryl methyl sites for hydroxylation is 1. The van der Waals surface area contributed by atoms with Crippen LogP contribution in [0, 0.1) is 103 Å². The van der Waals surface area contributed by atoms with Gasteiger partial charge in [-0.3, -0.25) is 9.59 Å². The lowest BCUT2D eigenvalue weighted by atomic mass is 9.60. The van der Waals surface area contributed by atoms with Crippen molar-refractivity contribution in [3.8, 4) is 0 Å². The second kappa shape index (κ2) is 45.1. The van der Waals surface area contributed by atoms with Crippen LogP contribution >= 0.6 is 66.1 Å². The summed E-state index contributed by atoms with van der Waals surface area (Å²) in [5.41, 5.74) is -0.768. The van der Waals surface area contributed by atoms with Gasteiger partial charge in [0, 0.05) is 52.7 Å². The molecule has 3 aromatic rings. The summed E-state index contributed by atoms with van der Waals surface area (Å²) in [4.78, 5) is 63.5. The first kappa shape index (κ1) is 105. The van der Waals surface area contributed by atoms with Gasteiger partial charge in [-0.1, -0.05) is 255 Å². The first-order chi connectivity index (χ1) is 49.9. The predicted molar refractivity (Wildman–Crippen MR) is 468 cm³/mol. The molecule has 16 nitrogen and oxygen atoms in total. The van der Waals surface area contributed by atoms with E-state index in [9.17, 15) is 34.5 Å². The van der Waals surface area contributed by atoms with Gasteiger partial charge >= 0.3 is 11.6 Å². The number of fused-ring (bicyclic) bond motifs is 1. The van der Waals surface area contributed by atoms with E-state index >= 15 is 0 Å². The van der Waals surface area contributed by atoms with Crippen molar-refractivity contribution in [3.05, 3.63) is 70.4 Å². The van der Waals surface area contributed by atoms with Crippen LogP contribution in [-0.4, -0.2) is 132 Å². The normalized spacial score (nSPS) is 24.1. The van der Waals surface area contributed by atoms with Crippen LogP contribution in [0.4, 0.5) is 9.59 Å². The summed E-state index contributed by atoms with van der Waals surface area (Å²) < 4.78 is 22.7. The quantitative estimate of drug-likeness (QED) is 0.0246. The molecule has 22 heteroatoms. The van der Waals surface area contributed by atoms with Crippen LogP contribution in [-0.2, 0) is 28.5 Å². The van der Waals surface area contributed by atoms with Crippen LogP contribution in [0.5, 0.6) is 0 Å². The number of thiazole rings is 1. The smallest absolute Gasteiger partial charge is 0.450 e. The zero-order valence-electron chi connectivity index (χ0n) is 74.6. The second-order valence-electron chi connectivity index (χ2n) is 39.6. The summed E-state index contributed by atoms with van der Waals surface area (Å²) in [6.07, 6.45) is 5.73. The SMILES string of the molecule is C/C(=C\c1csc(C)n1)C1C[C@@H]2O[C@]2(C)CCCC(C)(C)[C@H](C)[C@H](O)[C@@H](C)C(C)(C)C(=O)C(C)(C)[C@@H](O)CC(=O)N1.CC(C(O)[C@@H](C)C(C)(C)C)C(C)(C)C.CC(C(OC(=O)Cl)[C@@H](C)C(C)(C)C)C(C)(C)C.CC(C(OC(=O)OCCSSc1ccccn1)[C@@H](C)C(C)(C)C)C(C)(C)C.OCCSSc1ccccn1. The van der Waals surface area contributed by atoms with Gasteiger partial charge in [0.2, 0.25) is 5.91 Å². The zero-order chi connectivity index (χ0) is 85.5. The minimum absolute atomic E-state index is 0.00194. The highest BCUT2D eigenvalue weighted by molar-refractivity contribution is 8.77. The molecule has 2 aliphatic heterocycles. The number of aromatic nitrogens is 3. The number of halogens is 1. The number of Topliss-reactive ketones (excluding diaryl/α,β-unsaturated/α-hetero) is 1. The van der Waals surface area contributed by atoms with Gasteiger partial charge in [-0.15, -0.1) is 11.3 Å². The van der Waals surface area contributed by atoms with E-state index in [-0.39, 0.29) is 134 Å². The molecule has 3 aromatic heterocycles. The molecule has 5 heterocycles. The number of hydrogen-bond acceptors (Lipinski definition) is 20. The minimum atomic E-state index is -1.18. The second-order valence-corrected chi connectivity index (χ2v) is 45.9. The van der Waals surface area contributed by atoms with Gasteiger partial charge in [-0.2, -0.15) is 0 Å². The van der Waals surface area contributed by atoms with Crippen LogP contribution in [0.2, 0.25) is 0 Å². The Kier molecular flexibility index (Phi) is 43.1. The molecule has 634 valence electrons. The maximum absolute atomic E-state index is 14.0. The van der Waals surface area contributed by atoms with E-state index in [4.69, 9.17) is 35.7 Å². The molecule has 110 heavy (non-hydrogen) atoms. The lowest BCUT2D eigenvalue weighted by Crippen LogP contribution is -2.52. The highest BCUT2D eigenvalue weighted by Crippen LogP contribution is 2.49. The lowest BCUT2D eigenvalue weighted by Gasteiger charge is -2.45. The minimum Gasteiger partial charge on any atom is -0.450 e. The zero-order valence-corrected chi connectivity index (χ0v) is 79.5. The third kappa shape index (κ3) is 35.9. The van der Waals surface area contributed by atoms with E-state index in [1.165, 1.54) is 0 Å². The van der Waals surface area contributed by atoms with Crippen LogP contribution in [0.15, 0.2) is 69.8 Å². The average molecular weight is 1650 g/mol. The molecule has 2 fully saturated rings. The molecule has 0 radical (unpaired) electrons. The Bertz CT molecular complexity index is 3160. The van der Waals surface area contributed by atoms with Gasteiger partial charge in [-0.05, 0) is 183 Å². The van der Waals surface area contributed by atoms with Crippen molar-refractivity contribution < 1.29 is 58.6 Å². The van der Waals surface area contributed by atoms with Crippen molar-refractivity contribution in [2.24, 2.45) is 96.1 Å². The van der Waals surface area contributed by atoms with Gasteiger partial charge in [0.15, 0.2) is 0 Å². The third-order valence-corrected chi connectivity index (χ3v) is 29.8. The van der Waals surface area contributed by atoms with Crippen molar-refractivity contribution in [2.75, 3.05) is 24.7 Å². The molecule has 1 amide bonds. The maximum Gasteiger partial charge on any atom is 0.508 e. The Morgan fingerprint density at radius 1 is 0.664 bits per heavy atom. The van der Waals surface area contributed by atoms with Crippen LogP contribution in [0.25, 0.3) is 6.08 Å². The molecule has 2 saturated heterocycles. The summed E-state index contributed by atoms with van der Waals surface area (Å²) in [5, 5.41) is 49.6. The Balaban J connectivity index is 0.000000752. The molecule has 16 atom stereocenters.